The van der Waals surface area contributed by atoms with Gasteiger partial charge in [0.1, 0.15) is 0 Å². The number of fused-ring (bicyclic) bond motifs is 6. The van der Waals surface area contributed by atoms with Crippen LogP contribution in [0.2, 0.25) is 0 Å². The van der Waals surface area contributed by atoms with E-state index in [1.54, 1.807) is 0 Å². The number of para-hydroxylation sites is 1. The molecule has 0 fully saturated rings. The topological polar surface area (TPSA) is 3.24 Å². The van der Waals surface area contributed by atoms with E-state index in [4.69, 9.17) is 0 Å². The molecule has 0 amide bonds. The summed E-state index contributed by atoms with van der Waals surface area (Å²) in [7, 11) is 0. The van der Waals surface area contributed by atoms with Crippen molar-refractivity contribution < 1.29 is 0 Å². The molecule has 0 unspecified atom stereocenters. The summed E-state index contributed by atoms with van der Waals surface area (Å²) in [6.07, 6.45) is 0. The van der Waals surface area contributed by atoms with Gasteiger partial charge in [-0.2, -0.15) is 0 Å². The molecule has 46 heavy (non-hydrogen) atoms. The molecule has 0 saturated carbocycles. The van der Waals surface area contributed by atoms with Gasteiger partial charge in [0.05, 0.1) is 5.41 Å². The van der Waals surface area contributed by atoms with Crippen LogP contribution >= 0.6 is 27.3 Å². The van der Waals surface area contributed by atoms with Crippen molar-refractivity contribution in [2.75, 3.05) is 4.90 Å². The summed E-state index contributed by atoms with van der Waals surface area (Å²) in [6, 6.07) is 62.0. The fourth-order valence-corrected chi connectivity index (χ4v) is 9.28. The number of thiophene rings is 1. The van der Waals surface area contributed by atoms with E-state index in [9.17, 15) is 0 Å². The van der Waals surface area contributed by atoms with Gasteiger partial charge in [0.15, 0.2) is 0 Å². The second kappa shape index (κ2) is 10.8. The molecule has 0 aliphatic heterocycles. The molecule has 0 spiro atoms. The summed E-state index contributed by atoms with van der Waals surface area (Å²) >= 11 is 5.80. The number of hydrogen-bond donors (Lipinski definition) is 0. The van der Waals surface area contributed by atoms with E-state index in [0.29, 0.717) is 0 Å². The molecular formula is C43H28BrNS. The van der Waals surface area contributed by atoms with Crippen molar-refractivity contribution in [1.29, 1.82) is 0 Å². The lowest BCUT2D eigenvalue weighted by Crippen LogP contribution is -2.28. The molecule has 0 bridgehead atoms. The van der Waals surface area contributed by atoms with Gasteiger partial charge < -0.3 is 4.90 Å². The van der Waals surface area contributed by atoms with Crippen molar-refractivity contribution in [3.63, 3.8) is 0 Å². The molecule has 0 atom stereocenters. The minimum Gasteiger partial charge on any atom is -0.310 e. The fourth-order valence-electron chi connectivity index (χ4n) is 7.50. The monoisotopic (exact) mass is 669 g/mol. The van der Waals surface area contributed by atoms with Crippen molar-refractivity contribution in [3.8, 4) is 11.1 Å². The van der Waals surface area contributed by atoms with Gasteiger partial charge >= 0.3 is 0 Å². The summed E-state index contributed by atoms with van der Waals surface area (Å²) in [5, 5.41) is 2.56. The van der Waals surface area contributed by atoms with Crippen molar-refractivity contribution in [2.45, 2.75) is 5.41 Å². The zero-order valence-corrected chi connectivity index (χ0v) is 27.3. The van der Waals surface area contributed by atoms with Gasteiger partial charge in [-0.25, -0.2) is 0 Å². The minimum atomic E-state index is -0.415. The van der Waals surface area contributed by atoms with Crippen LogP contribution in [0.5, 0.6) is 0 Å². The molecule has 1 aromatic heterocycles. The predicted molar refractivity (Wildman–Crippen MR) is 199 cm³/mol. The molecule has 0 radical (unpaired) electrons. The van der Waals surface area contributed by atoms with Crippen molar-refractivity contribution in [1.82, 2.24) is 0 Å². The van der Waals surface area contributed by atoms with Gasteiger partial charge in [0.25, 0.3) is 0 Å². The first kappa shape index (κ1) is 27.4. The van der Waals surface area contributed by atoms with Crippen molar-refractivity contribution in [2.24, 2.45) is 0 Å². The Balaban J connectivity index is 1.31. The van der Waals surface area contributed by atoms with E-state index < -0.39 is 5.41 Å². The molecule has 1 aliphatic rings. The first-order valence-electron chi connectivity index (χ1n) is 15.5. The van der Waals surface area contributed by atoms with E-state index in [1.807, 2.05) is 11.3 Å². The number of rotatable bonds is 5. The summed E-state index contributed by atoms with van der Waals surface area (Å²) in [5.41, 5.74) is 10.7. The Morgan fingerprint density at radius 1 is 0.457 bits per heavy atom. The maximum absolute atomic E-state index is 3.96. The number of hydrogen-bond acceptors (Lipinski definition) is 2. The van der Waals surface area contributed by atoms with Gasteiger partial charge in [-0.05, 0) is 91.8 Å². The van der Waals surface area contributed by atoms with E-state index >= 15 is 0 Å². The zero-order chi connectivity index (χ0) is 30.7. The first-order valence-corrected chi connectivity index (χ1v) is 17.2. The van der Waals surface area contributed by atoms with Crippen LogP contribution in [0.25, 0.3) is 31.3 Å². The Bertz CT molecular complexity index is 2340. The van der Waals surface area contributed by atoms with Crippen LogP contribution in [-0.2, 0) is 5.41 Å². The number of halogens is 1. The highest BCUT2D eigenvalue weighted by Gasteiger charge is 2.46. The van der Waals surface area contributed by atoms with Crippen LogP contribution < -0.4 is 4.90 Å². The second-order valence-corrected chi connectivity index (χ2v) is 13.7. The Labute approximate surface area is 281 Å². The molecule has 7 aromatic carbocycles. The number of nitrogens with zero attached hydrogens (tertiary/aromatic N) is 1. The predicted octanol–water partition coefficient (Wildman–Crippen LogP) is 12.6. The molecule has 1 nitrogen and oxygen atoms in total. The molecular weight excluding hydrogens is 642 g/mol. The molecule has 0 N–H and O–H groups in total. The van der Waals surface area contributed by atoms with Gasteiger partial charge in [-0.3, -0.25) is 0 Å². The average Bonchev–Trinajstić information content (AvgIpc) is 3.64. The molecule has 9 rings (SSSR count). The molecule has 3 heteroatoms. The van der Waals surface area contributed by atoms with Crippen LogP contribution in [0.4, 0.5) is 17.1 Å². The Kier molecular flexibility index (Phi) is 6.45. The van der Waals surface area contributed by atoms with Crippen LogP contribution in [0.15, 0.2) is 174 Å². The van der Waals surface area contributed by atoms with Crippen LogP contribution in [0, 0.1) is 0 Å². The lowest BCUT2D eigenvalue weighted by atomic mass is 9.68. The third-order valence-corrected chi connectivity index (χ3v) is 11.5. The van der Waals surface area contributed by atoms with E-state index in [0.717, 1.165) is 21.5 Å². The Morgan fingerprint density at radius 3 is 1.80 bits per heavy atom. The Hall–Kier alpha value is -4.96. The van der Waals surface area contributed by atoms with Gasteiger partial charge in [0.2, 0.25) is 0 Å². The third-order valence-electron chi connectivity index (χ3n) is 9.39. The lowest BCUT2D eigenvalue weighted by molar-refractivity contribution is 0.768. The second-order valence-electron chi connectivity index (χ2n) is 11.8. The van der Waals surface area contributed by atoms with Crippen molar-refractivity contribution in [3.05, 3.63) is 197 Å². The molecule has 218 valence electrons. The van der Waals surface area contributed by atoms with Crippen molar-refractivity contribution >= 4 is 64.5 Å². The summed E-state index contributed by atoms with van der Waals surface area (Å²) < 4.78 is 3.69. The van der Waals surface area contributed by atoms with Crippen LogP contribution in [0.1, 0.15) is 22.3 Å². The van der Waals surface area contributed by atoms with E-state index in [1.165, 1.54) is 53.6 Å². The quantitative estimate of drug-likeness (QED) is 0.176. The maximum atomic E-state index is 3.96. The summed E-state index contributed by atoms with van der Waals surface area (Å²) in [4.78, 5) is 2.39. The molecule has 1 heterocycles. The van der Waals surface area contributed by atoms with Gasteiger partial charge in [-0.1, -0.05) is 127 Å². The van der Waals surface area contributed by atoms with Gasteiger partial charge in [-0.15, -0.1) is 11.3 Å². The minimum absolute atomic E-state index is 0.415. The maximum Gasteiger partial charge on any atom is 0.0713 e. The zero-order valence-electron chi connectivity index (χ0n) is 24.9. The van der Waals surface area contributed by atoms with E-state index in [2.05, 4.69) is 191 Å². The number of anilines is 3. The van der Waals surface area contributed by atoms with Crippen LogP contribution in [0.3, 0.4) is 0 Å². The number of benzene rings is 7. The summed E-state index contributed by atoms with van der Waals surface area (Å²) in [6.45, 7) is 0. The smallest absolute Gasteiger partial charge is 0.0713 e. The van der Waals surface area contributed by atoms with Gasteiger partial charge in [0, 0.05) is 41.7 Å². The summed E-state index contributed by atoms with van der Waals surface area (Å²) in [5.74, 6) is 0. The Morgan fingerprint density at radius 2 is 1.07 bits per heavy atom. The molecule has 1 aliphatic carbocycles. The normalized spacial score (nSPS) is 13.1. The first-order chi connectivity index (χ1) is 22.7. The van der Waals surface area contributed by atoms with E-state index in [-0.39, 0.29) is 0 Å². The third kappa shape index (κ3) is 4.05. The molecule has 8 aromatic rings. The fraction of sp³-hybridized carbons (Fsp3) is 0.0233. The van der Waals surface area contributed by atoms with Crippen LogP contribution in [-0.4, -0.2) is 0 Å². The highest BCUT2D eigenvalue weighted by Crippen LogP contribution is 2.57. The largest absolute Gasteiger partial charge is 0.310 e. The lowest BCUT2D eigenvalue weighted by Gasteiger charge is -2.34. The average molecular weight is 671 g/mol. The highest BCUT2D eigenvalue weighted by molar-refractivity contribution is 9.10. The molecule has 0 saturated heterocycles. The highest BCUT2D eigenvalue weighted by atomic mass is 79.9. The standard InChI is InChI=1S/C43H28BrNS/c44-40-28-33(27-37-35-21-11-13-23-41(35)46-42(37)40)45(31-18-8-3-9-19-31)32-24-25-39-36(26-32)34-20-10-12-22-38(34)43(39,29-14-4-1-5-15-29)30-16-6-2-7-17-30/h1-28H. The SMILES string of the molecule is Brc1cc(N(c2ccccc2)c2ccc3c(c2)-c2ccccc2C3(c2ccccc2)c2ccccc2)cc2c1sc1ccccc12.